The van der Waals surface area contributed by atoms with E-state index in [0.717, 1.165) is 22.3 Å². The second kappa shape index (κ2) is 10.5. The summed E-state index contributed by atoms with van der Waals surface area (Å²) in [5.41, 5.74) is 4.54. The molecule has 2 aromatic carbocycles. The number of ether oxygens (including phenoxy) is 2. The van der Waals surface area contributed by atoms with Gasteiger partial charge in [-0.2, -0.15) is 0 Å². The molecule has 1 saturated heterocycles. The average Bonchev–Trinajstić information content (AvgIpc) is 3.42. The van der Waals surface area contributed by atoms with Crippen LogP contribution in [0.4, 0.5) is 4.79 Å². The Hall–Kier alpha value is -3.39. The summed E-state index contributed by atoms with van der Waals surface area (Å²) in [5, 5.41) is 12.3. The van der Waals surface area contributed by atoms with E-state index in [0.29, 0.717) is 0 Å². The molecule has 186 valence electrons. The highest BCUT2D eigenvalue weighted by molar-refractivity contribution is 5.86. The van der Waals surface area contributed by atoms with E-state index in [1.807, 2.05) is 38.1 Å². The van der Waals surface area contributed by atoms with Crippen LogP contribution >= 0.6 is 0 Å². The van der Waals surface area contributed by atoms with Crippen LogP contribution in [-0.4, -0.2) is 66.9 Å². The molecule has 0 spiro atoms. The summed E-state index contributed by atoms with van der Waals surface area (Å²) >= 11 is 0. The zero-order chi connectivity index (χ0) is 25.1. The van der Waals surface area contributed by atoms with Crippen molar-refractivity contribution in [3.8, 4) is 11.1 Å². The molecule has 2 aromatic rings. The number of alkyl carbamates (subject to hydrolysis) is 1. The van der Waals surface area contributed by atoms with Crippen LogP contribution in [0.25, 0.3) is 11.1 Å². The summed E-state index contributed by atoms with van der Waals surface area (Å²) in [7, 11) is 1.51. The van der Waals surface area contributed by atoms with Crippen molar-refractivity contribution in [3.05, 3.63) is 59.7 Å². The largest absolute Gasteiger partial charge is 0.480 e. The Kier molecular flexibility index (Phi) is 7.40. The van der Waals surface area contributed by atoms with Crippen molar-refractivity contribution in [1.82, 2.24) is 10.2 Å². The lowest BCUT2D eigenvalue weighted by Crippen LogP contribution is -2.48. The molecule has 3 atom stereocenters. The number of nitrogens with zero attached hydrogens (tertiary/aromatic N) is 1. The highest BCUT2D eigenvalue weighted by atomic mass is 16.5. The Morgan fingerprint density at radius 3 is 2.20 bits per heavy atom. The van der Waals surface area contributed by atoms with Gasteiger partial charge in [0.15, 0.2) is 0 Å². The van der Waals surface area contributed by atoms with Crippen LogP contribution in [0.15, 0.2) is 48.5 Å². The van der Waals surface area contributed by atoms with Gasteiger partial charge in [-0.05, 0) is 28.2 Å². The molecule has 3 unspecified atom stereocenters. The maximum atomic E-state index is 13.2. The summed E-state index contributed by atoms with van der Waals surface area (Å²) in [6, 6.07) is 15.3. The number of hydrogen-bond donors (Lipinski definition) is 2. The van der Waals surface area contributed by atoms with E-state index in [9.17, 15) is 19.5 Å². The molecule has 0 bridgehead atoms. The van der Waals surface area contributed by atoms with Crippen molar-refractivity contribution in [2.75, 3.05) is 26.8 Å². The van der Waals surface area contributed by atoms with E-state index in [-0.39, 0.29) is 50.0 Å². The van der Waals surface area contributed by atoms with Gasteiger partial charge >= 0.3 is 12.1 Å². The lowest BCUT2D eigenvalue weighted by Gasteiger charge is -2.28. The van der Waals surface area contributed by atoms with Gasteiger partial charge in [0.05, 0.1) is 12.0 Å². The topological polar surface area (TPSA) is 105 Å². The zero-order valence-corrected chi connectivity index (χ0v) is 20.3. The summed E-state index contributed by atoms with van der Waals surface area (Å²) in [6.45, 7) is 4.22. The molecule has 0 aromatic heterocycles. The number of hydrogen-bond acceptors (Lipinski definition) is 5. The number of carbonyl (C=O) groups is 3. The van der Waals surface area contributed by atoms with Crippen LogP contribution < -0.4 is 5.32 Å². The third-order valence-corrected chi connectivity index (χ3v) is 7.10. The van der Waals surface area contributed by atoms with Crippen LogP contribution in [0.2, 0.25) is 0 Å². The van der Waals surface area contributed by atoms with Gasteiger partial charge in [-0.3, -0.25) is 4.79 Å². The Labute approximate surface area is 205 Å². The fraction of sp³-hybridized carbons (Fsp3) is 0.444. The molecule has 2 amide bonds. The van der Waals surface area contributed by atoms with Crippen molar-refractivity contribution in [3.63, 3.8) is 0 Å². The number of amides is 2. The van der Waals surface area contributed by atoms with Crippen molar-refractivity contribution >= 4 is 18.0 Å². The molecule has 2 aliphatic rings. The van der Waals surface area contributed by atoms with Gasteiger partial charge in [-0.15, -0.1) is 0 Å². The van der Waals surface area contributed by atoms with E-state index in [1.54, 1.807) is 0 Å². The molecule has 1 aliphatic carbocycles. The monoisotopic (exact) mass is 480 g/mol. The predicted octanol–water partition coefficient (Wildman–Crippen LogP) is 3.50. The van der Waals surface area contributed by atoms with Crippen LogP contribution in [-0.2, 0) is 19.1 Å². The van der Waals surface area contributed by atoms with Crippen LogP contribution in [0, 0.1) is 11.8 Å². The second-order valence-electron chi connectivity index (χ2n) is 9.50. The van der Waals surface area contributed by atoms with Crippen molar-refractivity contribution in [2.45, 2.75) is 38.3 Å². The molecule has 35 heavy (non-hydrogen) atoms. The Balaban J connectivity index is 1.38. The summed E-state index contributed by atoms with van der Waals surface area (Å²) in [5.74, 6) is -2.08. The number of nitrogens with one attached hydrogen (secondary N) is 1. The molecular formula is C27H32N2O6. The molecule has 1 heterocycles. The number of carboxylic acid groups (broad SMARTS) is 1. The molecule has 4 rings (SSSR count). The molecule has 1 fully saturated rings. The van der Waals surface area contributed by atoms with Crippen LogP contribution in [0.3, 0.4) is 0 Å². The highest BCUT2D eigenvalue weighted by Crippen LogP contribution is 2.44. The minimum Gasteiger partial charge on any atom is -0.480 e. The maximum absolute atomic E-state index is 13.2. The van der Waals surface area contributed by atoms with E-state index in [2.05, 4.69) is 29.6 Å². The fourth-order valence-corrected chi connectivity index (χ4v) is 5.11. The summed E-state index contributed by atoms with van der Waals surface area (Å²) in [4.78, 5) is 38.9. The van der Waals surface area contributed by atoms with Crippen molar-refractivity contribution in [2.24, 2.45) is 11.8 Å². The first-order chi connectivity index (χ1) is 16.8. The maximum Gasteiger partial charge on any atom is 0.407 e. The minimum absolute atomic E-state index is 0.0532. The van der Waals surface area contributed by atoms with Gasteiger partial charge in [-0.1, -0.05) is 62.4 Å². The Morgan fingerprint density at radius 2 is 1.66 bits per heavy atom. The number of fused-ring (bicyclic) bond motifs is 3. The Morgan fingerprint density at radius 1 is 1.06 bits per heavy atom. The molecule has 0 radical (unpaired) electrons. The first-order valence-corrected chi connectivity index (χ1v) is 12.0. The van der Waals surface area contributed by atoms with Crippen molar-refractivity contribution in [1.29, 1.82) is 0 Å². The van der Waals surface area contributed by atoms with Gasteiger partial charge < -0.3 is 24.8 Å². The molecule has 8 nitrogen and oxygen atoms in total. The molecule has 1 aliphatic heterocycles. The predicted molar refractivity (Wildman–Crippen MR) is 130 cm³/mol. The number of rotatable bonds is 8. The number of aliphatic carboxylic acids is 1. The van der Waals surface area contributed by atoms with Crippen molar-refractivity contribution < 1.29 is 29.0 Å². The van der Waals surface area contributed by atoms with Gasteiger partial charge in [0.25, 0.3) is 0 Å². The van der Waals surface area contributed by atoms with E-state index in [1.165, 1.54) is 12.0 Å². The first kappa shape index (κ1) is 24.7. The summed E-state index contributed by atoms with van der Waals surface area (Å²) < 4.78 is 10.9. The average molecular weight is 481 g/mol. The first-order valence-electron chi connectivity index (χ1n) is 12.0. The van der Waals surface area contributed by atoms with Crippen LogP contribution in [0.5, 0.6) is 0 Å². The normalized spacial score (nSPS) is 19.8. The van der Waals surface area contributed by atoms with E-state index < -0.39 is 24.0 Å². The Bertz CT molecular complexity index is 1060. The number of benzene rings is 2. The molecule has 8 heteroatoms. The van der Waals surface area contributed by atoms with Gasteiger partial charge in [0.1, 0.15) is 12.6 Å². The molecular weight excluding hydrogens is 448 g/mol. The quantitative estimate of drug-likeness (QED) is 0.599. The SMILES string of the molecule is COC1CC(C(=O)O)N(C(=O)C(CNC(=O)OCC2c3ccccc3-c3ccccc32)C(C)C)C1. The van der Waals surface area contributed by atoms with E-state index in [4.69, 9.17) is 9.47 Å². The third-order valence-electron chi connectivity index (χ3n) is 7.10. The van der Waals surface area contributed by atoms with E-state index >= 15 is 0 Å². The lowest BCUT2D eigenvalue weighted by molar-refractivity contribution is -0.150. The lowest BCUT2D eigenvalue weighted by atomic mass is 9.94. The second-order valence-corrected chi connectivity index (χ2v) is 9.50. The van der Waals surface area contributed by atoms with Crippen LogP contribution in [0.1, 0.15) is 37.3 Å². The third kappa shape index (κ3) is 5.03. The van der Waals surface area contributed by atoms with Gasteiger partial charge in [0.2, 0.25) is 5.91 Å². The molecule has 2 N–H and O–H groups in total. The minimum atomic E-state index is -1.05. The zero-order valence-electron chi connectivity index (χ0n) is 20.3. The smallest absolute Gasteiger partial charge is 0.407 e. The summed E-state index contributed by atoms with van der Waals surface area (Å²) in [6.07, 6.45) is -0.665. The fourth-order valence-electron chi connectivity index (χ4n) is 5.11. The highest BCUT2D eigenvalue weighted by Gasteiger charge is 2.42. The standard InChI is InChI=1S/C27H32N2O6/c1-16(2)22(25(30)29-14-17(34-3)12-24(29)26(31)32)13-28-27(33)35-15-23-20-10-6-4-8-18(20)19-9-5-7-11-21(19)23/h4-11,16-17,22-24H,12-15H2,1-3H3,(H,28,33)(H,31,32). The van der Waals surface area contributed by atoms with Gasteiger partial charge in [0, 0.05) is 32.5 Å². The number of carboxylic acids is 1. The molecule has 0 saturated carbocycles. The number of methoxy groups -OCH3 is 1. The number of likely N-dealkylation sites (tertiary alicyclic amines) is 1. The number of carbonyl (C=O) groups excluding carboxylic acids is 2. The van der Waals surface area contributed by atoms with Gasteiger partial charge in [-0.25, -0.2) is 9.59 Å².